The Hall–Kier alpha value is -1.34. The van der Waals surface area contributed by atoms with Crippen molar-refractivity contribution in [3.63, 3.8) is 0 Å². The maximum atomic E-state index is 12.6. The van der Waals surface area contributed by atoms with Crippen LogP contribution < -0.4 is 4.90 Å². The number of rotatable bonds is 2. The number of hydrogen-bond donors (Lipinski definition) is 2. The minimum atomic E-state index is -4.40. The number of piperidine rings is 1. The van der Waals surface area contributed by atoms with Gasteiger partial charge in [0.05, 0.1) is 11.7 Å². The number of nitrogens with zero attached hydrogens (tertiary/aromatic N) is 2. The van der Waals surface area contributed by atoms with Gasteiger partial charge >= 0.3 is 6.18 Å². The summed E-state index contributed by atoms with van der Waals surface area (Å²) in [6.45, 7) is 0.529. The second kappa shape index (κ2) is 5.34. The number of aromatic nitrogens is 1. The van der Waals surface area contributed by atoms with Crippen molar-refractivity contribution in [2.24, 2.45) is 5.92 Å². The van der Waals surface area contributed by atoms with E-state index in [0.717, 1.165) is 18.3 Å². The summed E-state index contributed by atoms with van der Waals surface area (Å²) in [6, 6.07) is 1.90. The number of anilines is 1. The monoisotopic (exact) mass is 276 g/mol. The summed E-state index contributed by atoms with van der Waals surface area (Å²) < 4.78 is 37.8. The molecule has 2 rings (SSSR count). The van der Waals surface area contributed by atoms with E-state index in [4.69, 9.17) is 5.11 Å². The van der Waals surface area contributed by atoms with Crippen LogP contribution in [0.4, 0.5) is 19.0 Å². The van der Waals surface area contributed by atoms with Crippen LogP contribution in [-0.4, -0.2) is 41.0 Å². The van der Waals surface area contributed by atoms with Crippen LogP contribution >= 0.6 is 0 Å². The highest BCUT2D eigenvalue weighted by Gasteiger charge is 2.32. The zero-order valence-electron chi connectivity index (χ0n) is 10.1. The number of halogens is 3. The molecule has 0 aliphatic carbocycles. The number of alkyl halides is 3. The number of β-amino-alcohol motifs (C(OH)–C–C–N with tert-alkyl or cyclic N) is 1. The normalized spacial score (nSPS) is 24.6. The van der Waals surface area contributed by atoms with E-state index in [2.05, 4.69) is 4.98 Å². The summed E-state index contributed by atoms with van der Waals surface area (Å²) >= 11 is 0. The second-order valence-corrected chi connectivity index (χ2v) is 4.65. The van der Waals surface area contributed by atoms with Crippen molar-refractivity contribution in [3.05, 3.63) is 23.9 Å². The van der Waals surface area contributed by atoms with Crippen molar-refractivity contribution in [3.8, 4) is 0 Å². The van der Waals surface area contributed by atoms with E-state index in [1.165, 1.54) is 0 Å². The lowest BCUT2D eigenvalue weighted by Gasteiger charge is -2.35. The van der Waals surface area contributed by atoms with Crippen LogP contribution in [0, 0.1) is 5.92 Å². The summed E-state index contributed by atoms with van der Waals surface area (Å²) in [5.41, 5.74) is -0.753. The Labute approximate surface area is 108 Å². The van der Waals surface area contributed by atoms with Crippen LogP contribution in [0.2, 0.25) is 0 Å². The predicted octanol–water partition coefficient (Wildman–Crippen LogP) is 1.28. The van der Waals surface area contributed by atoms with Gasteiger partial charge in [0.25, 0.3) is 0 Å². The fourth-order valence-electron chi connectivity index (χ4n) is 2.17. The van der Waals surface area contributed by atoms with Gasteiger partial charge in [0.1, 0.15) is 5.82 Å². The van der Waals surface area contributed by atoms with Crippen molar-refractivity contribution >= 4 is 5.82 Å². The molecule has 1 aromatic heterocycles. The van der Waals surface area contributed by atoms with Crippen LogP contribution in [0.1, 0.15) is 12.0 Å². The number of aliphatic hydroxyl groups excluding tert-OH is 2. The van der Waals surface area contributed by atoms with E-state index < -0.39 is 17.8 Å². The quantitative estimate of drug-likeness (QED) is 0.854. The zero-order chi connectivity index (χ0) is 14.0. The van der Waals surface area contributed by atoms with E-state index in [1.54, 1.807) is 4.90 Å². The average Bonchev–Trinajstić information content (AvgIpc) is 2.38. The van der Waals surface area contributed by atoms with Crippen LogP contribution in [0.3, 0.4) is 0 Å². The summed E-state index contributed by atoms with van der Waals surface area (Å²) in [5.74, 6) is -0.0210. The molecule has 0 saturated carbocycles. The van der Waals surface area contributed by atoms with Crippen LogP contribution in [0.5, 0.6) is 0 Å². The predicted molar refractivity (Wildman–Crippen MR) is 62.7 cm³/mol. The minimum absolute atomic E-state index is 0.120. The third kappa shape index (κ3) is 3.16. The SMILES string of the molecule is OC[C@H]1CCN(c2cc(C(F)(F)F)ccn2)C[C@@H]1O. The molecule has 19 heavy (non-hydrogen) atoms. The van der Waals surface area contributed by atoms with Gasteiger partial charge in [0, 0.05) is 31.8 Å². The highest BCUT2D eigenvalue weighted by Crippen LogP contribution is 2.31. The van der Waals surface area contributed by atoms with Crippen molar-refractivity contribution in [1.82, 2.24) is 4.98 Å². The molecule has 1 aromatic rings. The lowest BCUT2D eigenvalue weighted by molar-refractivity contribution is -0.137. The van der Waals surface area contributed by atoms with Crippen LogP contribution in [0.25, 0.3) is 0 Å². The molecule has 4 nitrogen and oxygen atoms in total. The van der Waals surface area contributed by atoms with Crippen molar-refractivity contribution < 1.29 is 23.4 Å². The first-order valence-electron chi connectivity index (χ1n) is 5.99. The van der Waals surface area contributed by atoms with Crippen molar-refractivity contribution in [2.75, 3.05) is 24.6 Å². The fraction of sp³-hybridized carbons (Fsp3) is 0.583. The van der Waals surface area contributed by atoms with E-state index in [1.807, 2.05) is 0 Å². The topological polar surface area (TPSA) is 56.6 Å². The highest BCUT2D eigenvalue weighted by atomic mass is 19.4. The van der Waals surface area contributed by atoms with E-state index >= 15 is 0 Å². The van der Waals surface area contributed by atoms with Crippen molar-refractivity contribution in [2.45, 2.75) is 18.7 Å². The van der Waals surface area contributed by atoms with E-state index in [9.17, 15) is 18.3 Å². The second-order valence-electron chi connectivity index (χ2n) is 4.65. The molecule has 1 aliphatic rings. The van der Waals surface area contributed by atoms with Crippen LogP contribution in [-0.2, 0) is 6.18 Å². The molecular weight excluding hydrogens is 261 g/mol. The summed E-state index contributed by atoms with van der Waals surface area (Å²) in [6.07, 6.45) is -3.52. The molecule has 106 valence electrons. The van der Waals surface area contributed by atoms with Gasteiger partial charge in [-0.05, 0) is 18.6 Å². The van der Waals surface area contributed by atoms with E-state index in [0.29, 0.717) is 13.0 Å². The number of hydrogen-bond acceptors (Lipinski definition) is 4. The maximum Gasteiger partial charge on any atom is 0.416 e. The average molecular weight is 276 g/mol. The van der Waals surface area contributed by atoms with Gasteiger partial charge in [-0.3, -0.25) is 0 Å². The molecule has 0 bridgehead atoms. The molecule has 0 radical (unpaired) electrons. The van der Waals surface area contributed by atoms with Gasteiger partial charge in [-0.25, -0.2) is 4.98 Å². The summed E-state index contributed by atoms with van der Waals surface area (Å²) in [4.78, 5) is 5.52. The molecule has 0 unspecified atom stereocenters. The van der Waals surface area contributed by atoms with Gasteiger partial charge < -0.3 is 15.1 Å². The third-order valence-electron chi connectivity index (χ3n) is 3.35. The standard InChI is InChI=1S/C12H15F3N2O2/c13-12(14,15)9-1-3-16-11(5-9)17-4-2-8(7-18)10(19)6-17/h1,3,5,8,10,18-19H,2,4,6-7H2/t8-,10+/m1/s1. The summed E-state index contributed by atoms with van der Waals surface area (Å²) in [7, 11) is 0. The molecule has 1 saturated heterocycles. The van der Waals surface area contributed by atoms with Gasteiger partial charge in [0.15, 0.2) is 0 Å². The van der Waals surface area contributed by atoms with Gasteiger partial charge in [0.2, 0.25) is 0 Å². The lowest BCUT2D eigenvalue weighted by atomic mass is 9.95. The Morgan fingerprint density at radius 1 is 1.42 bits per heavy atom. The van der Waals surface area contributed by atoms with E-state index in [-0.39, 0.29) is 24.9 Å². The Bertz CT molecular complexity index is 439. The molecule has 2 heterocycles. The number of pyridine rings is 1. The van der Waals surface area contributed by atoms with Gasteiger partial charge in [-0.15, -0.1) is 0 Å². The Morgan fingerprint density at radius 3 is 2.74 bits per heavy atom. The Kier molecular flexibility index (Phi) is 3.96. The third-order valence-corrected chi connectivity index (χ3v) is 3.35. The molecule has 2 N–H and O–H groups in total. The molecule has 0 spiro atoms. The molecule has 1 aliphatic heterocycles. The van der Waals surface area contributed by atoms with Gasteiger partial charge in [-0.1, -0.05) is 0 Å². The molecular formula is C12H15F3N2O2. The fourth-order valence-corrected chi connectivity index (χ4v) is 2.17. The molecule has 1 fully saturated rings. The number of aliphatic hydroxyl groups is 2. The first-order chi connectivity index (χ1) is 8.91. The molecule has 0 aromatic carbocycles. The van der Waals surface area contributed by atoms with Gasteiger partial charge in [-0.2, -0.15) is 13.2 Å². The highest BCUT2D eigenvalue weighted by molar-refractivity contribution is 5.42. The largest absolute Gasteiger partial charge is 0.416 e. The Balaban J connectivity index is 2.15. The molecule has 2 atom stereocenters. The first kappa shape index (κ1) is 14.1. The zero-order valence-corrected chi connectivity index (χ0v) is 10.1. The van der Waals surface area contributed by atoms with Crippen molar-refractivity contribution in [1.29, 1.82) is 0 Å². The minimum Gasteiger partial charge on any atom is -0.396 e. The maximum absolute atomic E-state index is 12.6. The lowest BCUT2D eigenvalue weighted by Crippen LogP contribution is -2.45. The molecule has 7 heteroatoms. The summed E-state index contributed by atoms with van der Waals surface area (Å²) in [5, 5.41) is 18.8. The first-order valence-corrected chi connectivity index (χ1v) is 5.99. The molecule has 0 amide bonds. The smallest absolute Gasteiger partial charge is 0.396 e. The van der Waals surface area contributed by atoms with Crippen LogP contribution in [0.15, 0.2) is 18.3 Å². The Morgan fingerprint density at radius 2 is 2.16 bits per heavy atom.